The van der Waals surface area contributed by atoms with Crippen molar-refractivity contribution in [2.24, 2.45) is 0 Å². The average Bonchev–Trinajstić information content (AvgIpc) is 2.97. The molecular weight excluding hydrogens is 344 g/mol. The molecule has 0 atom stereocenters. The van der Waals surface area contributed by atoms with E-state index in [0.29, 0.717) is 28.0 Å². The monoisotopic (exact) mass is 362 g/mol. The summed E-state index contributed by atoms with van der Waals surface area (Å²) in [6, 6.07) is 5.58. The van der Waals surface area contributed by atoms with Crippen LogP contribution in [0.15, 0.2) is 23.0 Å². The van der Waals surface area contributed by atoms with Crippen molar-refractivity contribution in [1.82, 2.24) is 14.5 Å². The van der Waals surface area contributed by atoms with Crippen molar-refractivity contribution < 1.29 is 0 Å². The van der Waals surface area contributed by atoms with E-state index >= 15 is 0 Å². The molecule has 0 saturated heterocycles. The summed E-state index contributed by atoms with van der Waals surface area (Å²) in [5, 5.41) is 4.02. The fourth-order valence-electron chi connectivity index (χ4n) is 2.69. The maximum atomic E-state index is 13.0. The van der Waals surface area contributed by atoms with E-state index in [1.165, 1.54) is 11.3 Å². The summed E-state index contributed by atoms with van der Waals surface area (Å²) in [7, 11) is 0. The van der Waals surface area contributed by atoms with Gasteiger partial charge in [0, 0.05) is 23.4 Å². The maximum Gasteiger partial charge on any atom is 0.260 e. The Kier molecular flexibility index (Phi) is 4.87. The molecule has 1 N–H and O–H groups in total. The molecule has 0 aliphatic heterocycles. The number of aromatic nitrogens is 3. The minimum atomic E-state index is -0.0385. The number of hydrogen-bond donors (Lipinski definition) is 1. The number of fused-ring (bicyclic) bond motifs is 1. The largest absolute Gasteiger partial charge is 0.354 e. The fraction of sp³-hybridized carbons (Fsp3) is 0.353. The van der Waals surface area contributed by atoms with E-state index in [1.54, 1.807) is 4.57 Å². The predicted octanol–water partition coefficient (Wildman–Crippen LogP) is 4.32. The lowest BCUT2D eigenvalue weighted by atomic mass is 10.1. The van der Waals surface area contributed by atoms with E-state index in [1.807, 2.05) is 39.0 Å². The number of nitrogens with zero attached hydrogens (tertiary/aromatic N) is 3. The number of thiophene rings is 1. The SMILES string of the molecule is CCCn1c(=O)c(-c2ccc(Cl)s2)cc2c(C)nc(NCC)nc21. The molecule has 3 aromatic heterocycles. The van der Waals surface area contributed by atoms with Crippen LogP contribution in [0.3, 0.4) is 0 Å². The van der Waals surface area contributed by atoms with Crippen molar-refractivity contribution in [2.75, 3.05) is 11.9 Å². The highest BCUT2D eigenvalue weighted by atomic mass is 35.5. The molecule has 0 unspecified atom stereocenters. The van der Waals surface area contributed by atoms with E-state index < -0.39 is 0 Å². The van der Waals surface area contributed by atoms with Crippen LogP contribution in [0.25, 0.3) is 21.5 Å². The molecule has 0 bridgehead atoms. The molecule has 24 heavy (non-hydrogen) atoms. The summed E-state index contributed by atoms with van der Waals surface area (Å²) >= 11 is 7.45. The zero-order valence-electron chi connectivity index (χ0n) is 13.9. The van der Waals surface area contributed by atoms with Crippen LogP contribution in [0.1, 0.15) is 26.0 Å². The van der Waals surface area contributed by atoms with Crippen LogP contribution in [0.4, 0.5) is 5.95 Å². The normalized spacial score (nSPS) is 11.2. The molecule has 0 fully saturated rings. The molecule has 3 heterocycles. The lowest BCUT2D eigenvalue weighted by Gasteiger charge is -2.13. The van der Waals surface area contributed by atoms with Gasteiger partial charge in [0.05, 0.1) is 15.6 Å². The summed E-state index contributed by atoms with van der Waals surface area (Å²) < 4.78 is 2.41. The zero-order chi connectivity index (χ0) is 17.3. The second-order valence-electron chi connectivity index (χ2n) is 5.52. The van der Waals surface area contributed by atoms with Gasteiger partial charge >= 0.3 is 0 Å². The minimum absolute atomic E-state index is 0.0385. The Balaban J connectivity index is 2.33. The first-order valence-corrected chi connectivity index (χ1v) is 9.16. The number of aryl methyl sites for hydroxylation is 2. The third-order valence-corrected chi connectivity index (χ3v) is 5.02. The smallest absolute Gasteiger partial charge is 0.260 e. The van der Waals surface area contributed by atoms with Gasteiger partial charge in [-0.3, -0.25) is 9.36 Å². The standard InChI is InChI=1S/C17H19ClN4OS/c1-4-8-22-15-11(10(3)20-17(21-15)19-5-2)9-12(16(22)23)13-6-7-14(18)24-13/h6-7,9H,4-5,8H2,1-3H3,(H,19,20,21). The molecule has 126 valence electrons. The third-order valence-electron chi connectivity index (χ3n) is 3.76. The quantitative estimate of drug-likeness (QED) is 0.734. The molecule has 0 aromatic carbocycles. The molecule has 0 aliphatic carbocycles. The predicted molar refractivity (Wildman–Crippen MR) is 101 cm³/mol. The average molecular weight is 363 g/mol. The van der Waals surface area contributed by atoms with Gasteiger partial charge in [0.15, 0.2) is 0 Å². The van der Waals surface area contributed by atoms with E-state index in [2.05, 4.69) is 15.3 Å². The molecule has 5 nitrogen and oxygen atoms in total. The van der Waals surface area contributed by atoms with E-state index in [4.69, 9.17) is 11.6 Å². The third kappa shape index (κ3) is 3.03. The number of rotatable bonds is 5. The van der Waals surface area contributed by atoms with Crippen molar-refractivity contribution >= 4 is 39.9 Å². The summed E-state index contributed by atoms with van der Waals surface area (Å²) in [6.45, 7) is 7.33. The number of pyridine rings is 1. The number of anilines is 1. The summed E-state index contributed by atoms with van der Waals surface area (Å²) in [4.78, 5) is 22.9. The van der Waals surface area contributed by atoms with Crippen molar-refractivity contribution in [2.45, 2.75) is 33.7 Å². The second-order valence-corrected chi connectivity index (χ2v) is 7.23. The van der Waals surface area contributed by atoms with Crippen LogP contribution in [-0.2, 0) is 6.54 Å². The molecule has 0 spiro atoms. The number of nitrogens with one attached hydrogen (secondary N) is 1. The summed E-state index contributed by atoms with van der Waals surface area (Å²) in [6.07, 6.45) is 0.850. The second kappa shape index (κ2) is 6.91. The maximum absolute atomic E-state index is 13.0. The van der Waals surface area contributed by atoms with Crippen molar-refractivity contribution in [1.29, 1.82) is 0 Å². The highest BCUT2D eigenvalue weighted by Crippen LogP contribution is 2.31. The number of halogens is 1. The van der Waals surface area contributed by atoms with Gasteiger partial charge in [-0.05, 0) is 38.5 Å². The molecule has 3 rings (SSSR count). The molecule has 0 amide bonds. The fourth-order valence-corrected chi connectivity index (χ4v) is 3.74. The lowest BCUT2D eigenvalue weighted by Crippen LogP contribution is -2.23. The van der Waals surface area contributed by atoms with Crippen molar-refractivity contribution in [3.8, 4) is 10.4 Å². The van der Waals surface area contributed by atoms with E-state index in [-0.39, 0.29) is 5.56 Å². The summed E-state index contributed by atoms with van der Waals surface area (Å²) in [5.74, 6) is 0.554. The van der Waals surface area contributed by atoms with Gasteiger partial charge in [-0.15, -0.1) is 11.3 Å². The van der Waals surface area contributed by atoms with Gasteiger partial charge in [-0.2, -0.15) is 4.98 Å². The first kappa shape index (κ1) is 16.9. The molecule has 7 heteroatoms. The molecular formula is C17H19ClN4OS. The van der Waals surface area contributed by atoms with Crippen LogP contribution >= 0.6 is 22.9 Å². The van der Waals surface area contributed by atoms with Gasteiger partial charge in [0.1, 0.15) is 5.65 Å². The molecule has 0 aliphatic rings. The minimum Gasteiger partial charge on any atom is -0.354 e. The lowest BCUT2D eigenvalue weighted by molar-refractivity contribution is 0.672. The number of hydrogen-bond acceptors (Lipinski definition) is 5. The van der Waals surface area contributed by atoms with Crippen LogP contribution in [0.2, 0.25) is 4.34 Å². The molecule has 3 aromatic rings. The highest BCUT2D eigenvalue weighted by Gasteiger charge is 2.16. The van der Waals surface area contributed by atoms with Crippen LogP contribution in [0, 0.1) is 6.92 Å². The summed E-state index contributed by atoms with van der Waals surface area (Å²) in [5.41, 5.74) is 2.14. The first-order valence-electron chi connectivity index (χ1n) is 7.97. The zero-order valence-corrected chi connectivity index (χ0v) is 15.5. The molecule has 0 radical (unpaired) electrons. The van der Waals surface area contributed by atoms with Crippen LogP contribution in [0.5, 0.6) is 0 Å². The Morgan fingerprint density at radius 2 is 2.08 bits per heavy atom. The van der Waals surface area contributed by atoms with Gasteiger partial charge in [-0.25, -0.2) is 4.98 Å². The Labute approximate surface area is 149 Å². The Morgan fingerprint density at radius 3 is 2.71 bits per heavy atom. The van der Waals surface area contributed by atoms with Crippen molar-refractivity contribution in [3.63, 3.8) is 0 Å². The van der Waals surface area contributed by atoms with Gasteiger partial charge in [0.2, 0.25) is 5.95 Å². The topological polar surface area (TPSA) is 59.8 Å². The van der Waals surface area contributed by atoms with E-state index in [9.17, 15) is 4.79 Å². The Hall–Kier alpha value is -1.92. The van der Waals surface area contributed by atoms with Crippen molar-refractivity contribution in [3.05, 3.63) is 38.6 Å². The van der Waals surface area contributed by atoms with E-state index in [0.717, 1.165) is 28.9 Å². The highest BCUT2D eigenvalue weighted by molar-refractivity contribution is 7.19. The Bertz CT molecular complexity index is 948. The molecule has 0 saturated carbocycles. The van der Waals surface area contributed by atoms with Gasteiger partial charge in [0.25, 0.3) is 5.56 Å². The van der Waals surface area contributed by atoms with Gasteiger partial charge in [-0.1, -0.05) is 18.5 Å². The van der Waals surface area contributed by atoms with Crippen LogP contribution < -0.4 is 10.9 Å². The van der Waals surface area contributed by atoms with Gasteiger partial charge < -0.3 is 5.32 Å². The Morgan fingerprint density at radius 1 is 1.29 bits per heavy atom. The first-order chi connectivity index (χ1) is 11.5. The van der Waals surface area contributed by atoms with Crippen LogP contribution in [-0.4, -0.2) is 21.1 Å².